The quantitative estimate of drug-likeness (QED) is 0.355. The Kier molecular flexibility index (Phi) is 5.69. The number of fused-ring (bicyclic) bond motifs is 7. The SMILES string of the molecule is COC(=O)[C@]12CCC(C)(C)C[C@H]1[C@H]1C(=O)C=C3[C@@]4(C)C=C(C(=O)O)C(=O)C(C)(C)[C@@H]4CC[C@@]3(C)[C@]1(C)CC2. The second-order valence-electron chi connectivity index (χ2n) is 15.1. The van der Waals surface area contributed by atoms with Crippen LogP contribution < -0.4 is 0 Å². The van der Waals surface area contributed by atoms with E-state index in [-0.39, 0.29) is 57.1 Å². The van der Waals surface area contributed by atoms with E-state index in [0.29, 0.717) is 6.42 Å². The van der Waals surface area contributed by atoms with Gasteiger partial charge in [-0.25, -0.2) is 4.79 Å². The summed E-state index contributed by atoms with van der Waals surface area (Å²) in [6, 6.07) is 0. The van der Waals surface area contributed by atoms with Gasteiger partial charge in [0.2, 0.25) is 0 Å². The van der Waals surface area contributed by atoms with Gasteiger partial charge in [-0.05, 0) is 79.1 Å². The van der Waals surface area contributed by atoms with Gasteiger partial charge < -0.3 is 9.84 Å². The summed E-state index contributed by atoms with van der Waals surface area (Å²) in [4.78, 5) is 53.2. The first-order valence-electron chi connectivity index (χ1n) is 14.3. The minimum Gasteiger partial charge on any atom is -0.478 e. The standard InChI is InChI=1S/C32H44O6/c1-27(2)11-13-32(26(37)38-8)14-12-31(7)23(19(32)17-27)20(33)15-22-29(5)16-18(25(35)36)24(34)28(3,4)21(29)9-10-30(22,31)6/h15-16,19,21,23H,9-14,17H2,1-8H3,(H,35,36)/t19-,21-,23-,29-,30+,31+,32-/m0/s1. The Morgan fingerprint density at radius 1 is 0.947 bits per heavy atom. The largest absolute Gasteiger partial charge is 0.478 e. The number of esters is 1. The van der Waals surface area contributed by atoms with Crippen LogP contribution in [0.5, 0.6) is 0 Å². The van der Waals surface area contributed by atoms with Crippen molar-refractivity contribution in [3.05, 3.63) is 23.3 Å². The number of allylic oxidation sites excluding steroid dienone is 3. The van der Waals surface area contributed by atoms with E-state index in [1.165, 1.54) is 7.11 Å². The van der Waals surface area contributed by atoms with Crippen molar-refractivity contribution in [1.82, 2.24) is 0 Å². The highest BCUT2D eigenvalue weighted by molar-refractivity contribution is 6.19. The van der Waals surface area contributed by atoms with Crippen molar-refractivity contribution < 1.29 is 29.0 Å². The Balaban J connectivity index is 1.71. The first-order chi connectivity index (χ1) is 17.4. The van der Waals surface area contributed by atoms with Crippen LogP contribution in [0.3, 0.4) is 0 Å². The van der Waals surface area contributed by atoms with Gasteiger partial charge in [0.1, 0.15) is 0 Å². The number of hydrogen-bond donors (Lipinski definition) is 1. The number of ether oxygens (including phenoxy) is 1. The number of rotatable bonds is 2. The first kappa shape index (κ1) is 27.3. The van der Waals surface area contributed by atoms with E-state index >= 15 is 0 Å². The van der Waals surface area contributed by atoms with Crippen LogP contribution in [0.15, 0.2) is 23.3 Å². The molecule has 208 valence electrons. The van der Waals surface area contributed by atoms with Gasteiger partial charge in [-0.3, -0.25) is 14.4 Å². The van der Waals surface area contributed by atoms with Gasteiger partial charge in [-0.1, -0.05) is 60.1 Å². The minimum absolute atomic E-state index is 0.0299. The van der Waals surface area contributed by atoms with Gasteiger partial charge in [-0.2, -0.15) is 0 Å². The number of carbonyl (C=O) groups is 4. The van der Waals surface area contributed by atoms with E-state index in [4.69, 9.17) is 4.74 Å². The number of Topliss-reactive ketones (excluding diaryl/α,β-unsaturated/α-hetero) is 1. The Labute approximate surface area is 226 Å². The third-order valence-electron chi connectivity index (χ3n) is 12.6. The van der Waals surface area contributed by atoms with E-state index < -0.39 is 22.2 Å². The molecule has 6 heteroatoms. The van der Waals surface area contributed by atoms with Crippen LogP contribution >= 0.6 is 0 Å². The fourth-order valence-corrected chi connectivity index (χ4v) is 10.3. The number of methoxy groups -OCH3 is 1. The van der Waals surface area contributed by atoms with Gasteiger partial charge in [0.15, 0.2) is 11.6 Å². The molecule has 0 aromatic carbocycles. The lowest BCUT2D eigenvalue weighted by Gasteiger charge is -2.68. The molecule has 7 atom stereocenters. The molecule has 3 saturated carbocycles. The second-order valence-corrected chi connectivity index (χ2v) is 15.1. The molecule has 0 aromatic rings. The molecular weight excluding hydrogens is 480 g/mol. The molecular formula is C32H44O6. The Morgan fingerprint density at radius 3 is 2.18 bits per heavy atom. The van der Waals surface area contributed by atoms with Crippen molar-refractivity contribution >= 4 is 23.5 Å². The van der Waals surface area contributed by atoms with Gasteiger partial charge >= 0.3 is 11.9 Å². The number of hydrogen-bond acceptors (Lipinski definition) is 5. The van der Waals surface area contributed by atoms with Crippen LogP contribution in [0.2, 0.25) is 0 Å². The summed E-state index contributed by atoms with van der Waals surface area (Å²) in [5.74, 6) is -2.14. The van der Waals surface area contributed by atoms with Crippen LogP contribution in [0.1, 0.15) is 93.4 Å². The number of aliphatic carboxylic acids is 1. The highest BCUT2D eigenvalue weighted by Gasteiger charge is 2.71. The van der Waals surface area contributed by atoms with Crippen molar-refractivity contribution in [2.45, 2.75) is 93.4 Å². The van der Waals surface area contributed by atoms with Gasteiger partial charge in [0, 0.05) is 16.7 Å². The highest BCUT2D eigenvalue weighted by Crippen LogP contribution is 2.74. The van der Waals surface area contributed by atoms with E-state index in [9.17, 15) is 24.3 Å². The van der Waals surface area contributed by atoms with Crippen molar-refractivity contribution in [1.29, 1.82) is 0 Å². The molecule has 0 amide bonds. The minimum atomic E-state index is -1.20. The van der Waals surface area contributed by atoms with Crippen molar-refractivity contribution in [3.8, 4) is 0 Å². The summed E-state index contributed by atoms with van der Waals surface area (Å²) in [6.45, 7) is 14.8. The lowest BCUT2D eigenvalue weighted by atomic mass is 9.34. The van der Waals surface area contributed by atoms with E-state index in [2.05, 4.69) is 27.7 Å². The second kappa shape index (κ2) is 7.91. The molecule has 0 unspecified atom stereocenters. The molecule has 1 N–H and O–H groups in total. The molecule has 5 aliphatic carbocycles. The number of carboxylic acid groups (broad SMARTS) is 1. The normalized spacial score (nSPS) is 44.9. The number of carbonyl (C=O) groups excluding carboxylic acids is 3. The molecule has 0 aliphatic heterocycles. The Hall–Kier alpha value is -2.24. The molecule has 38 heavy (non-hydrogen) atoms. The molecule has 0 radical (unpaired) electrons. The zero-order chi connectivity index (χ0) is 28.3. The third kappa shape index (κ3) is 3.18. The van der Waals surface area contributed by atoms with Gasteiger partial charge in [-0.15, -0.1) is 0 Å². The maximum absolute atomic E-state index is 14.4. The van der Waals surface area contributed by atoms with Crippen molar-refractivity contribution in [2.24, 2.45) is 50.2 Å². The fourth-order valence-electron chi connectivity index (χ4n) is 10.3. The lowest BCUT2D eigenvalue weighted by molar-refractivity contribution is -0.191. The molecule has 5 aliphatic rings. The third-order valence-corrected chi connectivity index (χ3v) is 12.6. The summed E-state index contributed by atoms with van der Waals surface area (Å²) >= 11 is 0. The predicted octanol–water partition coefficient (Wildman–Crippen LogP) is 5.94. The van der Waals surface area contributed by atoms with E-state index in [1.54, 1.807) is 6.08 Å². The molecule has 3 fully saturated rings. The zero-order valence-corrected chi connectivity index (χ0v) is 24.3. The molecule has 0 spiro atoms. The van der Waals surface area contributed by atoms with Crippen LogP contribution in [0.25, 0.3) is 0 Å². The summed E-state index contributed by atoms with van der Waals surface area (Å²) < 4.78 is 5.39. The van der Waals surface area contributed by atoms with Crippen molar-refractivity contribution in [2.75, 3.05) is 7.11 Å². The maximum atomic E-state index is 14.4. The molecule has 0 bridgehead atoms. The Morgan fingerprint density at radius 2 is 1.58 bits per heavy atom. The first-order valence-corrected chi connectivity index (χ1v) is 14.3. The Bertz CT molecular complexity index is 1200. The summed E-state index contributed by atoms with van der Waals surface area (Å²) in [5, 5.41) is 9.96. The fraction of sp³-hybridized carbons (Fsp3) is 0.750. The molecule has 5 rings (SSSR count). The summed E-state index contributed by atoms with van der Waals surface area (Å²) in [6.07, 6.45) is 9.00. The van der Waals surface area contributed by atoms with Crippen LogP contribution in [-0.2, 0) is 23.9 Å². The molecule has 6 nitrogen and oxygen atoms in total. The predicted molar refractivity (Wildman–Crippen MR) is 143 cm³/mol. The van der Waals surface area contributed by atoms with Crippen LogP contribution in [0, 0.1) is 50.2 Å². The van der Waals surface area contributed by atoms with E-state index in [0.717, 1.165) is 44.1 Å². The van der Waals surface area contributed by atoms with E-state index in [1.807, 2.05) is 26.8 Å². The van der Waals surface area contributed by atoms with Crippen molar-refractivity contribution in [3.63, 3.8) is 0 Å². The summed E-state index contributed by atoms with van der Waals surface area (Å²) in [7, 11) is 1.46. The van der Waals surface area contributed by atoms with Gasteiger partial charge in [0.05, 0.1) is 18.1 Å². The average Bonchev–Trinajstić information content (AvgIpc) is 2.82. The number of carboxylic acids is 1. The average molecular weight is 525 g/mol. The van der Waals surface area contributed by atoms with Crippen LogP contribution in [-0.4, -0.2) is 35.7 Å². The smallest absolute Gasteiger partial charge is 0.339 e. The summed E-state index contributed by atoms with van der Waals surface area (Å²) in [5.41, 5.74) is -2.11. The monoisotopic (exact) mass is 524 g/mol. The molecule has 0 aromatic heterocycles. The molecule has 0 heterocycles. The lowest BCUT2D eigenvalue weighted by Crippen LogP contribution is -2.66. The maximum Gasteiger partial charge on any atom is 0.339 e. The van der Waals surface area contributed by atoms with Crippen LogP contribution in [0.4, 0.5) is 0 Å². The topological polar surface area (TPSA) is 97.7 Å². The zero-order valence-electron chi connectivity index (χ0n) is 24.3. The number of ketones is 2. The highest BCUT2D eigenvalue weighted by atomic mass is 16.5. The van der Waals surface area contributed by atoms with Gasteiger partial charge in [0.25, 0.3) is 0 Å². The molecule has 0 saturated heterocycles.